The molecule has 7 heteroatoms. The molecule has 37 heavy (non-hydrogen) atoms. The Hall–Kier alpha value is -5.09. The van der Waals surface area contributed by atoms with Crippen molar-refractivity contribution in [3.05, 3.63) is 117 Å². The first-order valence-electron chi connectivity index (χ1n) is 11.7. The zero-order valence-corrected chi connectivity index (χ0v) is 20.1. The highest BCUT2D eigenvalue weighted by Crippen LogP contribution is 2.46. The highest BCUT2D eigenvalue weighted by Gasteiger charge is 2.38. The minimum absolute atomic E-state index is 0.0811. The SMILES string of the molecule is Cc1ccc(Oc2nc3ccc(C)cc3cc2C2C(C#N)=C(N)Oc3c2c(=O)oc2ccccc32)cc1. The van der Waals surface area contributed by atoms with Gasteiger partial charge in [-0.3, -0.25) is 0 Å². The summed E-state index contributed by atoms with van der Waals surface area (Å²) in [5.41, 5.74) is 9.61. The number of hydrogen-bond acceptors (Lipinski definition) is 7. The highest BCUT2D eigenvalue weighted by atomic mass is 16.5. The zero-order valence-electron chi connectivity index (χ0n) is 20.1. The van der Waals surface area contributed by atoms with Crippen molar-refractivity contribution >= 4 is 21.9 Å². The Labute approximate surface area is 212 Å². The molecule has 6 rings (SSSR count). The number of fused-ring (bicyclic) bond motifs is 4. The molecule has 0 radical (unpaired) electrons. The first kappa shape index (κ1) is 22.4. The second kappa shape index (κ2) is 8.54. The van der Waals surface area contributed by atoms with Gasteiger partial charge in [-0.15, -0.1) is 0 Å². The van der Waals surface area contributed by atoms with Gasteiger partial charge in [0.25, 0.3) is 0 Å². The van der Waals surface area contributed by atoms with E-state index >= 15 is 0 Å². The van der Waals surface area contributed by atoms with Gasteiger partial charge in [-0.05, 0) is 56.3 Å². The summed E-state index contributed by atoms with van der Waals surface area (Å²) < 4.78 is 17.8. The number of nitrogens with zero attached hydrogens (tertiary/aromatic N) is 2. The summed E-state index contributed by atoms with van der Waals surface area (Å²) in [7, 11) is 0. The van der Waals surface area contributed by atoms with Crippen LogP contribution in [0.1, 0.15) is 28.2 Å². The number of aromatic nitrogens is 1. The van der Waals surface area contributed by atoms with Gasteiger partial charge in [0.1, 0.15) is 23.0 Å². The molecule has 3 heterocycles. The summed E-state index contributed by atoms with van der Waals surface area (Å²) >= 11 is 0. The van der Waals surface area contributed by atoms with Gasteiger partial charge in [-0.25, -0.2) is 9.78 Å². The molecular weight excluding hydrogens is 466 g/mol. The standard InChI is InChI=1S/C30H21N3O4/c1-16-7-10-19(11-8-16)35-29-21(14-18-13-17(2)9-12-23(18)33-29)25-22(15-31)28(32)37-27-20-5-3-4-6-24(20)36-30(34)26(25)27/h3-14,25H,32H2,1-2H3. The fraction of sp³-hybridized carbons (Fsp3) is 0.100. The van der Waals surface area contributed by atoms with Gasteiger partial charge < -0.3 is 19.6 Å². The molecule has 1 aliphatic rings. The Bertz CT molecular complexity index is 1850. The van der Waals surface area contributed by atoms with E-state index in [1.807, 2.05) is 68.4 Å². The molecule has 7 nitrogen and oxygen atoms in total. The predicted octanol–water partition coefficient (Wildman–Crippen LogP) is 5.97. The third kappa shape index (κ3) is 3.76. The molecule has 5 aromatic rings. The number of nitrogens with two attached hydrogens (primary N) is 1. The van der Waals surface area contributed by atoms with Crippen molar-refractivity contribution in [2.75, 3.05) is 0 Å². The largest absolute Gasteiger partial charge is 0.439 e. The first-order chi connectivity index (χ1) is 17.9. The minimum atomic E-state index is -0.910. The predicted molar refractivity (Wildman–Crippen MR) is 140 cm³/mol. The van der Waals surface area contributed by atoms with Crippen LogP contribution in [0.4, 0.5) is 0 Å². The van der Waals surface area contributed by atoms with Crippen LogP contribution in [0.5, 0.6) is 17.4 Å². The summed E-state index contributed by atoms with van der Waals surface area (Å²) in [6, 6.07) is 24.5. The van der Waals surface area contributed by atoms with E-state index in [0.717, 1.165) is 16.5 Å². The fourth-order valence-electron chi connectivity index (χ4n) is 4.68. The van der Waals surface area contributed by atoms with E-state index in [1.165, 1.54) is 0 Å². The maximum atomic E-state index is 13.4. The molecule has 2 aromatic heterocycles. The molecule has 1 aliphatic heterocycles. The lowest BCUT2D eigenvalue weighted by Gasteiger charge is -2.27. The average Bonchev–Trinajstić information content (AvgIpc) is 2.89. The molecule has 0 amide bonds. The van der Waals surface area contributed by atoms with Crippen LogP contribution < -0.4 is 20.8 Å². The molecule has 2 N–H and O–H groups in total. The number of hydrogen-bond donors (Lipinski definition) is 1. The third-order valence-electron chi connectivity index (χ3n) is 6.48. The van der Waals surface area contributed by atoms with Gasteiger partial charge in [0, 0.05) is 10.9 Å². The molecular formula is C30H21N3O4. The van der Waals surface area contributed by atoms with E-state index in [1.54, 1.807) is 18.2 Å². The number of pyridine rings is 1. The van der Waals surface area contributed by atoms with Crippen LogP contribution in [0.2, 0.25) is 0 Å². The van der Waals surface area contributed by atoms with Gasteiger partial charge in [-0.2, -0.15) is 5.26 Å². The lowest BCUT2D eigenvalue weighted by molar-refractivity contribution is 0.385. The maximum Gasteiger partial charge on any atom is 0.344 e. The quantitative estimate of drug-likeness (QED) is 0.312. The van der Waals surface area contributed by atoms with Crippen molar-refractivity contribution in [3.63, 3.8) is 0 Å². The lowest BCUT2D eigenvalue weighted by Crippen LogP contribution is -2.26. The van der Waals surface area contributed by atoms with Gasteiger partial charge in [0.15, 0.2) is 5.75 Å². The van der Waals surface area contributed by atoms with Crippen LogP contribution in [0.25, 0.3) is 21.9 Å². The van der Waals surface area contributed by atoms with Crippen LogP contribution in [0.15, 0.2) is 93.5 Å². The molecule has 0 saturated heterocycles. The summed E-state index contributed by atoms with van der Waals surface area (Å²) in [5.74, 6) is 0.0954. The Balaban J connectivity index is 1.67. The van der Waals surface area contributed by atoms with Crippen molar-refractivity contribution in [2.45, 2.75) is 19.8 Å². The Morgan fingerprint density at radius 1 is 1.00 bits per heavy atom. The Kier molecular flexibility index (Phi) is 5.16. The minimum Gasteiger partial charge on any atom is -0.439 e. The number of aryl methyl sites for hydroxylation is 2. The van der Waals surface area contributed by atoms with Crippen molar-refractivity contribution < 1.29 is 13.9 Å². The number of para-hydroxylation sites is 1. The molecule has 0 saturated carbocycles. The third-order valence-corrected chi connectivity index (χ3v) is 6.48. The lowest BCUT2D eigenvalue weighted by atomic mass is 9.83. The fourth-order valence-corrected chi connectivity index (χ4v) is 4.68. The van der Waals surface area contributed by atoms with Gasteiger partial charge in [0.2, 0.25) is 11.8 Å². The summed E-state index contributed by atoms with van der Waals surface area (Å²) in [6.45, 7) is 3.97. The van der Waals surface area contributed by atoms with Crippen LogP contribution in [0.3, 0.4) is 0 Å². The van der Waals surface area contributed by atoms with E-state index in [4.69, 9.17) is 24.6 Å². The highest BCUT2D eigenvalue weighted by molar-refractivity contribution is 5.87. The molecule has 1 atom stereocenters. The molecule has 0 aliphatic carbocycles. The summed E-state index contributed by atoms with van der Waals surface area (Å²) in [5, 5.41) is 11.5. The second-order valence-electron chi connectivity index (χ2n) is 9.05. The van der Waals surface area contributed by atoms with E-state index in [9.17, 15) is 10.1 Å². The molecule has 0 spiro atoms. The van der Waals surface area contributed by atoms with Gasteiger partial charge >= 0.3 is 5.63 Å². The van der Waals surface area contributed by atoms with Crippen LogP contribution in [-0.4, -0.2) is 4.98 Å². The van der Waals surface area contributed by atoms with Crippen molar-refractivity contribution in [1.29, 1.82) is 5.26 Å². The molecule has 0 bridgehead atoms. The van der Waals surface area contributed by atoms with Crippen LogP contribution >= 0.6 is 0 Å². The Morgan fingerprint density at radius 2 is 1.76 bits per heavy atom. The topological polar surface area (TPSA) is 111 Å². The van der Waals surface area contributed by atoms with Crippen molar-refractivity contribution in [2.24, 2.45) is 5.73 Å². The van der Waals surface area contributed by atoms with Crippen LogP contribution in [-0.2, 0) is 0 Å². The van der Waals surface area contributed by atoms with Gasteiger partial charge in [0.05, 0.1) is 22.4 Å². The van der Waals surface area contributed by atoms with Crippen molar-refractivity contribution in [1.82, 2.24) is 4.98 Å². The molecule has 0 fully saturated rings. The first-order valence-corrected chi connectivity index (χ1v) is 11.7. The van der Waals surface area contributed by atoms with E-state index < -0.39 is 11.5 Å². The smallest absolute Gasteiger partial charge is 0.344 e. The van der Waals surface area contributed by atoms with E-state index in [2.05, 4.69) is 6.07 Å². The summed E-state index contributed by atoms with van der Waals surface area (Å²) in [6.07, 6.45) is 0. The summed E-state index contributed by atoms with van der Waals surface area (Å²) in [4.78, 5) is 18.2. The molecule has 1 unspecified atom stereocenters. The molecule has 3 aromatic carbocycles. The number of rotatable bonds is 3. The maximum absolute atomic E-state index is 13.4. The van der Waals surface area contributed by atoms with Crippen LogP contribution in [0, 0.1) is 25.2 Å². The second-order valence-corrected chi connectivity index (χ2v) is 9.05. The number of allylic oxidation sites excluding steroid dienone is 1. The monoisotopic (exact) mass is 487 g/mol. The number of nitriles is 1. The van der Waals surface area contributed by atoms with E-state index in [-0.39, 0.29) is 28.6 Å². The average molecular weight is 488 g/mol. The Morgan fingerprint density at radius 3 is 2.54 bits per heavy atom. The number of ether oxygens (including phenoxy) is 2. The number of benzene rings is 3. The molecule has 180 valence electrons. The van der Waals surface area contributed by atoms with Gasteiger partial charge in [-0.1, -0.05) is 41.5 Å². The van der Waals surface area contributed by atoms with E-state index in [0.29, 0.717) is 27.8 Å². The van der Waals surface area contributed by atoms with Crippen molar-refractivity contribution in [3.8, 4) is 23.4 Å². The zero-order chi connectivity index (χ0) is 25.7. The normalized spacial score (nSPS) is 14.8.